The highest BCUT2D eigenvalue weighted by Crippen LogP contribution is 2.24. The van der Waals surface area contributed by atoms with Crippen LogP contribution in [0, 0.1) is 0 Å². The molecule has 1 saturated heterocycles. The zero-order chi connectivity index (χ0) is 13.9. The van der Waals surface area contributed by atoms with E-state index in [9.17, 15) is 4.79 Å². The second-order valence-electron chi connectivity index (χ2n) is 5.59. The number of carbonyl (C=O) groups is 1. The van der Waals surface area contributed by atoms with E-state index in [-0.39, 0.29) is 11.8 Å². The second-order valence-corrected chi connectivity index (χ2v) is 5.59. The van der Waals surface area contributed by atoms with Crippen LogP contribution in [0.2, 0.25) is 0 Å². The Morgan fingerprint density at radius 3 is 2.95 bits per heavy atom. The SMILES string of the molecule is CC(C(=O)c1ccc2c(c1)CCCN2)N1CCOCC1. The molecule has 1 unspecified atom stereocenters. The van der Waals surface area contributed by atoms with Gasteiger partial charge in [-0.3, -0.25) is 9.69 Å². The van der Waals surface area contributed by atoms with Crippen LogP contribution in [0.15, 0.2) is 18.2 Å². The zero-order valence-corrected chi connectivity index (χ0v) is 12.0. The van der Waals surface area contributed by atoms with Gasteiger partial charge in [0, 0.05) is 30.9 Å². The number of fused-ring (bicyclic) bond motifs is 1. The normalized spacial score (nSPS) is 20.9. The molecule has 0 aromatic heterocycles. The summed E-state index contributed by atoms with van der Waals surface area (Å²) in [5.74, 6) is 0.222. The van der Waals surface area contributed by atoms with Crippen molar-refractivity contribution in [3.63, 3.8) is 0 Å². The molecule has 0 bridgehead atoms. The van der Waals surface area contributed by atoms with Gasteiger partial charge in [-0.15, -0.1) is 0 Å². The van der Waals surface area contributed by atoms with Crippen LogP contribution >= 0.6 is 0 Å². The summed E-state index contributed by atoms with van der Waals surface area (Å²) in [5.41, 5.74) is 3.30. The Kier molecular flexibility index (Phi) is 4.03. The summed E-state index contributed by atoms with van der Waals surface area (Å²) in [7, 11) is 0. The van der Waals surface area contributed by atoms with Gasteiger partial charge in [-0.05, 0) is 43.5 Å². The van der Waals surface area contributed by atoms with E-state index in [2.05, 4.69) is 16.3 Å². The Balaban J connectivity index is 1.75. The molecule has 2 aliphatic heterocycles. The van der Waals surface area contributed by atoms with Crippen molar-refractivity contribution in [2.75, 3.05) is 38.2 Å². The third-order valence-electron chi connectivity index (χ3n) is 4.30. The van der Waals surface area contributed by atoms with E-state index in [0.29, 0.717) is 0 Å². The predicted molar refractivity (Wildman–Crippen MR) is 79.4 cm³/mol. The Morgan fingerprint density at radius 1 is 1.35 bits per heavy atom. The fourth-order valence-electron chi connectivity index (χ4n) is 3.00. The molecule has 20 heavy (non-hydrogen) atoms. The number of hydrogen-bond acceptors (Lipinski definition) is 4. The van der Waals surface area contributed by atoms with Crippen LogP contribution in [0.1, 0.15) is 29.3 Å². The fraction of sp³-hybridized carbons (Fsp3) is 0.562. The van der Waals surface area contributed by atoms with Crippen molar-refractivity contribution in [3.05, 3.63) is 29.3 Å². The van der Waals surface area contributed by atoms with Crippen molar-refractivity contribution < 1.29 is 9.53 Å². The molecule has 0 spiro atoms. The number of Topliss-reactive ketones (excluding diaryl/α,β-unsaturated/α-hetero) is 1. The van der Waals surface area contributed by atoms with Gasteiger partial charge in [0.1, 0.15) is 0 Å². The number of benzene rings is 1. The highest BCUT2D eigenvalue weighted by atomic mass is 16.5. The molecular formula is C16H22N2O2. The highest BCUT2D eigenvalue weighted by Gasteiger charge is 2.24. The highest BCUT2D eigenvalue weighted by molar-refractivity contribution is 6.00. The maximum atomic E-state index is 12.6. The van der Waals surface area contributed by atoms with Crippen molar-refractivity contribution >= 4 is 11.5 Å². The molecule has 1 atom stereocenters. The lowest BCUT2D eigenvalue weighted by atomic mass is 9.96. The average molecular weight is 274 g/mol. The van der Waals surface area contributed by atoms with Crippen LogP contribution in [-0.2, 0) is 11.2 Å². The molecule has 0 amide bonds. The number of nitrogens with zero attached hydrogens (tertiary/aromatic N) is 1. The molecule has 1 aromatic carbocycles. The van der Waals surface area contributed by atoms with Crippen LogP contribution in [0.25, 0.3) is 0 Å². The summed E-state index contributed by atoms with van der Waals surface area (Å²) in [4.78, 5) is 14.8. The largest absolute Gasteiger partial charge is 0.385 e. The van der Waals surface area contributed by atoms with Gasteiger partial charge in [-0.25, -0.2) is 0 Å². The minimum atomic E-state index is -0.0616. The van der Waals surface area contributed by atoms with Gasteiger partial charge >= 0.3 is 0 Å². The monoisotopic (exact) mass is 274 g/mol. The standard InChI is InChI=1S/C16H22N2O2/c1-12(18-7-9-20-10-8-18)16(19)14-4-5-15-13(11-14)3-2-6-17-15/h4-5,11-12,17H,2-3,6-10H2,1H3. The number of rotatable bonds is 3. The van der Waals surface area contributed by atoms with E-state index in [1.54, 1.807) is 0 Å². The minimum Gasteiger partial charge on any atom is -0.385 e. The fourth-order valence-corrected chi connectivity index (χ4v) is 3.00. The number of carbonyl (C=O) groups excluding carboxylic acids is 1. The molecule has 2 aliphatic rings. The molecule has 108 valence electrons. The number of nitrogens with one attached hydrogen (secondary N) is 1. The topological polar surface area (TPSA) is 41.6 Å². The molecule has 0 radical (unpaired) electrons. The summed E-state index contributed by atoms with van der Waals surface area (Å²) in [6.07, 6.45) is 2.21. The molecule has 1 N–H and O–H groups in total. The third kappa shape index (κ3) is 2.72. The number of ketones is 1. The summed E-state index contributed by atoms with van der Waals surface area (Å²) in [6.45, 7) is 6.19. The van der Waals surface area contributed by atoms with Crippen LogP contribution in [0.4, 0.5) is 5.69 Å². The minimum absolute atomic E-state index is 0.0616. The Hall–Kier alpha value is -1.39. The van der Waals surface area contributed by atoms with Gasteiger partial charge in [0.2, 0.25) is 0 Å². The molecule has 4 heteroatoms. The number of anilines is 1. The summed E-state index contributed by atoms with van der Waals surface area (Å²) in [6, 6.07) is 6.01. The first-order valence-electron chi connectivity index (χ1n) is 7.48. The second kappa shape index (κ2) is 5.94. The maximum absolute atomic E-state index is 12.6. The molecule has 1 fully saturated rings. The van der Waals surface area contributed by atoms with Crippen molar-refractivity contribution in [3.8, 4) is 0 Å². The lowest BCUT2D eigenvalue weighted by Gasteiger charge is -2.31. The lowest BCUT2D eigenvalue weighted by Crippen LogP contribution is -2.45. The van der Waals surface area contributed by atoms with E-state index in [0.717, 1.165) is 51.3 Å². The lowest BCUT2D eigenvalue weighted by molar-refractivity contribution is 0.0208. The van der Waals surface area contributed by atoms with Crippen molar-refractivity contribution in [2.24, 2.45) is 0 Å². The van der Waals surface area contributed by atoms with Gasteiger partial charge < -0.3 is 10.1 Å². The van der Waals surface area contributed by atoms with Crippen molar-refractivity contribution in [1.82, 2.24) is 4.90 Å². The van der Waals surface area contributed by atoms with E-state index in [4.69, 9.17) is 4.74 Å². The summed E-state index contributed by atoms with van der Waals surface area (Å²) >= 11 is 0. The number of aryl methyl sites for hydroxylation is 1. The molecular weight excluding hydrogens is 252 g/mol. The maximum Gasteiger partial charge on any atom is 0.179 e. The predicted octanol–water partition coefficient (Wildman–Crippen LogP) is 1.95. The van der Waals surface area contributed by atoms with Crippen LogP contribution < -0.4 is 5.32 Å². The van der Waals surface area contributed by atoms with Gasteiger partial charge in [0.05, 0.1) is 19.3 Å². The van der Waals surface area contributed by atoms with Crippen molar-refractivity contribution in [2.45, 2.75) is 25.8 Å². The molecule has 3 rings (SSSR count). The molecule has 0 saturated carbocycles. The summed E-state index contributed by atoms with van der Waals surface area (Å²) in [5, 5.41) is 3.38. The van der Waals surface area contributed by atoms with Gasteiger partial charge in [-0.1, -0.05) is 0 Å². The van der Waals surface area contributed by atoms with E-state index in [1.807, 2.05) is 19.1 Å². The van der Waals surface area contributed by atoms with Crippen LogP contribution in [-0.4, -0.2) is 49.6 Å². The Bertz CT molecular complexity index is 495. The number of ether oxygens (including phenoxy) is 1. The molecule has 0 aliphatic carbocycles. The molecule has 2 heterocycles. The van der Waals surface area contributed by atoms with E-state index >= 15 is 0 Å². The molecule has 1 aromatic rings. The van der Waals surface area contributed by atoms with Crippen LogP contribution in [0.3, 0.4) is 0 Å². The van der Waals surface area contributed by atoms with Crippen molar-refractivity contribution in [1.29, 1.82) is 0 Å². The Morgan fingerprint density at radius 2 is 2.15 bits per heavy atom. The van der Waals surface area contributed by atoms with E-state index < -0.39 is 0 Å². The molecule has 4 nitrogen and oxygen atoms in total. The first-order valence-corrected chi connectivity index (χ1v) is 7.48. The van der Waals surface area contributed by atoms with Gasteiger partial charge in [0.15, 0.2) is 5.78 Å². The first kappa shape index (κ1) is 13.6. The average Bonchev–Trinajstić information content (AvgIpc) is 2.54. The number of morpholine rings is 1. The summed E-state index contributed by atoms with van der Waals surface area (Å²) < 4.78 is 5.35. The quantitative estimate of drug-likeness (QED) is 0.855. The van der Waals surface area contributed by atoms with Gasteiger partial charge in [-0.2, -0.15) is 0 Å². The van der Waals surface area contributed by atoms with Crippen LogP contribution in [0.5, 0.6) is 0 Å². The van der Waals surface area contributed by atoms with E-state index in [1.165, 1.54) is 11.3 Å². The first-order chi connectivity index (χ1) is 9.75. The van der Waals surface area contributed by atoms with Gasteiger partial charge in [0.25, 0.3) is 0 Å². The Labute approximate surface area is 120 Å². The zero-order valence-electron chi connectivity index (χ0n) is 12.0. The third-order valence-corrected chi connectivity index (χ3v) is 4.30. The smallest absolute Gasteiger partial charge is 0.179 e. The number of hydrogen-bond donors (Lipinski definition) is 1.